The van der Waals surface area contributed by atoms with Gasteiger partial charge in [-0.05, 0) is 44.9 Å². The zero-order valence-electron chi connectivity index (χ0n) is 14.4. The number of amides is 2. The summed E-state index contributed by atoms with van der Waals surface area (Å²) in [6, 6.07) is -0.358. The third kappa shape index (κ3) is 3.29. The number of carbonyl (C=O) groups is 2. The van der Waals surface area contributed by atoms with Crippen LogP contribution in [-0.4, -0.2) is 41.1 Å². The second kappa shape index (κ2) is 6.99. The highest BCUT2D eigenvalue weighted by molar-refractivity contribution is 5.88. The lowest BCUT2D eigenvalue weighted by molar-refractivity contribution is -0.161. The van der Waals surface area contributed by atoms with Crippen molar-refractivity contribution in [2.45, 2.75) is 84.0 Å². The number of ether oxygens (including phenoxy) is 1. The van der Waals surface area contributed by atoms with E-state index in [4.69, 9.17) is 4.74 Å². The number of hydrogen-bond acceptors (Lipinski definition) is 3. The van der Waals surface area contributed by atoms with E-state index in [2.05, 4.69) is 12.2 Å². The van der Waals surface area contributed by atoms with Crippen LogP contribution in [-0.2, 0) is 14.3 Å². The summed E-state index contributed by atoms with van der Waals surface area (Å²) in [5, 5.41) is 3.00. The molecule has 1 aliphatic heterocycles. The Hall–Kier alpha value is -1.10. The second-order valence-corrected chi connectivity index (χ2v) is 6.89. The molecule has 2 aliphatic rings. The van der Waals surface area contributed by atoms with Gasteiger partial charge in [0, 0.05) is 12.5 Å². The summed E-state index contributed by atoms with van der Waals surface area (Å²) >= 11 is 0. The fourth-order valence-electron chi connectivity index (χ4n) is 3.47. The molecule has 0 bridgehead atoms. The average molecular weight is 310 g/mol. The summed E-state index contributed by atoms with van der Waals surface area (Å²) in [6.07, 6.45) is 5.07. The summed E-state index contributed by atoms with van der Waals surface area (Å²) in [6.45, 7) is 8.43. The molecule has 22 heavy (non-hydrogen) atoms. The normalized spacial score (nSPS) is 33.0. The first kappa shape index (κ1) is 17.3. The van der Waals surface area contributed by atoms with Crippen LogP contribution in [0.25, 0.3) is 0 Å². The molecule has 1 heterocycles. The number of nitrogens with one attached hydrogen (secondary N) is 1. The van der Waals surface area contributed by atoms with Gasteiger partial charge in [0.15, 0.2) is 0 Å². The molecule has 2 fully saturated rings. The molecule has 1 saturated carbocycles. The van der Waals surface area contributed by atoms with Crippen LogP contribution >= 0.6 is 0 Å². The van der Waals surface area contributed by atoms with Crippen LogP contribution in [0.2, 0.25) is 0 Å². The molecule has 2 atom stereocenters. The summed E-state index contributed by atoms with van der Waals surface area (Å²) in [7, 11) is 0. The first-order valence-electron chi connectivity index (χ1n) is 8.70. The smallest absolute Gasteiger partial charge is 0.245 e. The first-order valence-corrected chi connectivity index (χ1v) is 8.70. The van der Waals surface area contributed by atoms with E-state index < -0.39 is 11.8 Å². The lowest BCUT2D eigenvalue weighted by Crippen LogP contribution is -2.57. The van der Waals surface area contributed by atoms with Crippen molar-refractivity contribution >= 4 is 11.8 Å². The van der Waals surface area contributed by atoms with Gasteiger partial charge in [0.1, 0.15) is 11.8 Å². The molecule has 1 spiro atoms. The zero-order valence-corrected chi connectivity index (χ0v) is 14.4. The molecule has 0 aromatic heterocycles. The topological polar surface area (TPSA) is 58.6 Å². The Balaban J connectivity index is 2.17. The minimum atomic E-state index is -0.545. The lowest BCUT2D eigenvalue weighted by atomic mass is 9.83. The van der Waals surface area contributed by atoms with Gasteiger partial charge in [-0.25, -0.2) is 0 Å². The molecule has 0 aromatic rings. The van der Waals surface area contributed by atoms with Gasteiger partial charge >= 0.3 is 0 Å². The van der Waals surface area contributed by atoms with Crippen LogP contribution in [0.15, 0.2) is 0 Å². The molecule has 1 saturated heterocycles. The fraction of sp³-hybridized carbons (Fsp3) is 0.882. The molecule has 1 aliphatic carbocycles. The molecular weight excluding hydrogens is 280 g/mol. The molecule has 2 amide bonds. The van der Waals surface area contributed by atoms with Gasteiger partial charge in [0.2, 0.25) is 11.8 Å². The van der Waals surface area contributed by atoms with E-state index >= 15 is 0 Å². The second-order valence-electron chi connectivity index (χ2n) is 6.89. The van der Waals surface area contributed by atoms with Gasteiger partial charge in [-0.3, -0.25) is 14.5 Å². The van der Waals surface area contributed by atoms with Crippen LogP contribution in [0, 0.1) is 5.92 Å². The maximum Gasteiger partial charge on any atom is 0.245 e. The van der Waals surface area contributed by atoms with Gasteiger partial charge in [-0.15, -0.1) is 0 Å². The van der Waals surface area contributed by atoms with Gasteiger partial charge in [0.25, 0.3) is 0 Å². The molecule has 0 aromatic carbocycles. The minimum Gasteiger partial charge on any atom is -0.353 e. The highest BCUT2D eigenvalue weighted by atomic mass is 16.5. The molecular formula is C17H30N2O3. The van der Waals surface area contributed by atoms with Crippen LogP contribution in [0.4, 0.5) is 0 Å². The van der Waals surface area contributed by atoms with Crippen molar-refractivity contribution in [2.24, 2.45) is 5.92 Å². The molecule has 0 radical (unpaired) electrons. The Morgan fingerprint density at radius 3 is 2.50 bits per heavy atom. The standard InChI is InChI=1S/C17H30N2O3/c1-5-13(4)18-16(21)14-11-22-17(19(14)15(20)6-2)9-7-12(3)8-10-17/h12-14H,5-11H2,1-4H3,(H,18,21)/t12?,13-,14+,17?/m1/s1. The molecule has 126 valence electrons. The molecule has 5 heteroatoms. The monoisotopic (exact) mass is 310 g/mol. The molecule has 1 N–H and O–H groups in total. The van der Waals surface area contributed by atoms with Crippen LogP contribution in [0.1, 0.15) is 66.2 Å². The third-order valence-electron chi connectivity index (χ3n) is 5.19. The van der Waals surface area contributed by atoms with Crippen molar-refractivity contribution < 1.29 is 14.3 Å². The van der Waals surface area contributed by atoms with E-state index in [0.29, 0.717) is 18.9 Å². The van der Waals surface area contributed by atoms with Crippen molar-refractivity contribution in [2.75, 3.05) is 6.61 Å². The number of hydrogen-bond donors (Lipinski definition) is 1. The number of carbonyl (C=O) groups excluding carboxylic acids is 2. The van der Waals surface area contributed by atoms with Crippen molar-refractivity contribution in [3.63, 3.8) is 0 Å². The minimum absolute atomic E-state index is 0.0244. The maximum absolute atomic E-state index is 12.6. The number of nitrogens with zero attached hydrogens (tertiary/aromatic N) is 1. The molecule has 5 nitrogen and oxygen atoms in total. The van der Waals surface area contributed by atoms with Gasteiger partial charge < -0.3 is 10.1 Å². The van der Waals surface area contributed by atoms with E-state index in [-0.39, 0.29) is 17.9 Å². The summed E-state index contributed by atoms with van der Waals surface area (Å²) in [5.41, 5.74) is -0.545. The Kier molecular flexibility index (Phi) is 5.48. The SMILES string of the molecule is CCC(=O)N1[C@H](C(=O)N[C@H](C)CC)COC12CCC(C)CC2. The first-order chi connectivity index (χ1) is 10.4. The summed E-state index contributed by atoms with van der Waals surface area (Å²) in [4.78, 5) is 26.8. The molecule has 0 unspecified atom stereocenters. The van der Waals surface area contributed by atoms with E-state index in [1.807, 2.05) is 20.8 Å². The quantitative estimate of drug-likeness (QED) is 0.867. The van der Waals surface area contributed by atoms with Gasteiger partial charge in [-0.1, -0.05) is 20.8 Å². The lowest BCUT2D eigenvalue weighted by Gasteiger charge is -2.43. The molecule has 2 rings (SSSR count). The Morgan fingerprint density at radius 2 is 1.95 bits per heavy atom. The van der Waals surface area contributed by atoms with E-state index in [1.165, 1.54) is 0 Å². The van der Waals surface area contributed by atoms with Crippen molar-refractivity contribution in [3.05, 3.63) is 0 Å². The third-order valence-corrected chi connectivity index (χ3v) is 5.19. The summed E-state index contributed by atoms with van der Waals surface area (Å²) < 4.78 is 6.06. The Labute approximate surface area is 133 Å². The maximum atomic E-state index is 12.6. The Morgan fingerprint density at radius 1 is 1.32 bits per heavy atom. The van der Waals surface area contributed by atoms with Crippen LogP contribution < -0.4 is 5.32 Å². The number of rotatable bonds is 4. The van der Waals surface area contributed by atoms with E-state index in [9.17, 15) is 9.59 Å². The fourth-order valence-corrected chi connectivity index (χ4v) is 3.47. The predicted molar refractivity (Wildman–Crippen MR) is 85.1 cm³/mol. The van der Waals surface area contributed by atoms with E-state index in [0.717, 1.165) is 32.1 Å². The predicted octanol–water partition coefficient (Wildman–Crippen LogP) is 2.44. The largest absolute Gasteiger partial charge is 0.353 e. The van der Waals surface area contributed by atoms with Crippen molar-refractivity contribution in [3.8, 4) is 0 Å². The van der Waals surface area contributed by atoms with Crippen molar-refractivity contribution in [1.29, 1.82) is 0 Å². The summed E-state index contributed by atoms with van der Waals surface area (Å²) in [5.74, 6) is 0.615. The van der Waals surface area contributed by atoms with Gasteiger partial charge in [0.05, 0.1) is 6.61 Å². The Bertz CT molecular complexity index is 416. The van der Waals surface area contributed by atoms with Crippen LogP contribution in [0.5, 0.6) is 0 Å². The van der Waals surface area contributed by atoms with Crippen molar-refractivity contribution in [1.82, 2.24) is 10.2 Å². The van der Waals surface area contributed by atoms with E-state index in [1.54, 1.807) is 4.90 Å². The zero-order chi connectivity index (χ0) is 16.3. The highest BCUT2D eigenvalue weighted by Crippen LogP contribution is 2.42. The highest BCUT2D eigenvalue weighted by Gasteiger charge is 2.52. The average Bonchev–Trinajstić information content (AvgIpc) is 2.88. The van der Waals surface area contributed by atoms with Crippen LogP contribution in [0.3, 0.4) is 0 Å². The van der Waals surface area contributed by atoms with Gasteiger partial charge in [-0.2, -0.15) is 0 Å².